The van der Waals surface area contributed by atoms with Crippen LogP contribution in [-0.2, 0) is 21.2 Å². The lowest BCUT2D eigenvalue weighted by molar-refractivity contribution is -0.117. The van der Waals surface area contributed by atoms with Gasteiger partial charge in [-0.2, -0.15) is 5.10 Å². The summed E-state index contributed by atoms with van der Waals surface area (Å²) in [6.45, 7) is 3.38. The van der Waals surface area contributed by atoms with Crippen LogP contribution in [0.15, 0.2) is 30.3 Å². The molecule has 3 aromatic rings. The van der Waals surface area contributed by atoms with E-state index in [9.17, 15) is 14.2 Å². The minimum atomic E-state index is -2.56. The van der Waals surface area contributed by atoms with E-state index in [-0.39, 0.29) is 23.3 Å². The Morgan fingerprint density at radius 3 is 2.46 bits per heavy atom. The van der Waals surface area contributed by atoms with Gasteiger partial charge in [0, 0.05) is 31.6 Å². The molecule has 0 saturated heterocycles. The molecule has 1 aliphatic rings. The van der Waals surface area contributed by atoms with Gasteiger partial charge in [0.1, 0.15) is 7.14 Å². The number of para-hydroxylation sites is 1. The summed E-state index contributed by atoms with van der Waals surface area (Å²) in [5.41, 5.74) is 2.67. The molecule has 1 fully saturated rings. The minimum Gasteiger partial charge on any atom is -0.494 e. The van der Waals surface area contributed by atoms with Crippen molar-refractivity contribution in [2.75, 3.05) is 45.2 Å². The first-order chi connectivity index (χ1) is 17.5. The molecular weight excluding hydrogens is 497 g/mol. The largest absolute Gasteiger partial charge is 0.494 e. The van der Waals surface area contributed by atoms with Crippen molar-refractivity contribution >= 4 is 41.6 Å². The van der Waals surface area contributed by atoms with Gasteiger partial charge in [-0.1, -0.05) is 6.07 Å². The van der Waals surface area contributed by atoms with E-state index in [1.807, 2.05) is 6.07 Å². The third-order valence-corrected chi connectivity index (χ3v) is 7.45. The smallest absolute Gasteiger partial charge is 0.299 e. The molecular formula is C24H30N7O5P. The Balaban J connectivity index is 1.76. The van der Waals surface area contributed by atoms with Gasteiger partial charge in [0.25, 0.3) is 5.91 Å². The topological polar surface area (TPSA) is 141 Å². The second-order valence-corrected chi connectivity index (χ2v) is 12.3. The molecule has 0 spiro atoms. The summed E-state index contributed by atoms with van der Waals surface area (Å²) < 4.78 is 20.0. The molecule has 0 bridgehead atoms. The fraction of sp³-hybridized carbons (Fsp3) is 0.375. The van der Waals surface area contributed by atoms with Crippen molar-refractivity contribution in [1.82, 2.24) is 25.0 Å². The van der Waals surface area contributed by atoms with Gasteiger partial charge in [0.2, 0.25) is 5.91 Å². The number of hydroxylamine groups is 2. The zero-order valence-corrected chi connectivity index (χ0v) is 22.5. The van der Waals surface area contributed by atoms with Crippen molar-refractivity contribution in [2.24, 2.45) is 13.0 Å². The number of nitrogens with zero attached hydrogens (tertiary/aromatic N) is 5. The van der Waals surface area contributed by atoms with E-state index in [2.05, 4.69) is 25.9 Å². The van der Waals surface area contributed by atoms with Crippen LogP contribution in [0, 0.1) is 5.92 Å². The van der Waals surface area contributed by atoms with Crippen LogP contribution in [0.25, 0.3) is 11.3 Å². The average Bonchev–Trinajstić information content (AvgIpc) is 3.63. The fourth-order valence-electron chi connectivity index (χ4n) is 3.81. The van der Waals surface area contributed by atoms with E-state index in [4.69, 9.17) is 9.57 Å². The van der Waals surface area contributed by atoms with Crippen LogP contribution < -0.4 is 20.8 Å². The monoisotopic (exact) mass is 527 g/mol. The Labute approximate surface area is 214 Å². The lowest BCUT2D eigenvalue weighted by Gasteiger charge is -2.18. The van der Waals surface area contributed by atoms with Gasteiger partial charge in [-0.15, -0.1) is 10.2 Å². The van der Waals surface area contributed by atoms with E-state index < -0.39 is 13.0 Å². The standard InChI is InChI=1S/C24H30N7O5P/c1-30-20(37(5,6)34)13-17(29-30)15-8-7-9-16(22(15)35-3)25-18-12-19(26-23(32)14-10-11-14)27-28-21(18)24(33)31(2)36-4/h7-9,12-14H,10-11H2,1-6H3,(H2,25,26,27,32). The Morgan fingerprint density at radius 2 is 1.86 bits per heavy atom. The van der Waals surface area contributed by atoms with Gasteiger partial charge in [0.05, 0.1) is 36.7 Å². The Bertz CT molecular complexity index is 1400. The van der Waals surface area contributed by atoms with Crippen molar-refractivity contribution < 1.29 is 23.7 Å². The summed E-state index contributed by atoms with van der Waals surface area (Å²) in [5.74, 6) is -0.0392. The molecule has 196 valence electrons. The average molecular weight is 528 g/mol. The predicted octanol–water partition coefficient (Wildman–Crippen LogP) is 2.86. The minimum absolute atomic E-state index is 0.0146. The molecule has 1 aromatic carbocycles. The van der Waals surface area contributed by atoms with Crippen molar-refractivity contribution in [3.05, 3.63) is 36.0 Å². The predicted molar refractivity (Wildman–Crippen MR) is 140 cm³/mol. The first-order valence-electron chi connectivity index (χ1n) is 11.6. The maximum absolute atomic E-state index is 12.9. The van der Waals surface area contributed by atoms with E-state index in [1.54, 1.807) is 49.3 Å². The normalized spacial score (nSPS) is 13.2. The summed E-state index contributed by atoms with van der Waals surface area (Å²) in [4.78, 5) is 30.2. The van der Waals surface area contributed by atoms with Crippen molar-refractivity contribution in [3.8, 4) is 17.0 Å². The summed E-state index contributed by atoms with van der Waals surface area (Å²) in [7, 11) is 3.53. The summed E-state index contributed by atoms with van der Waals surface area (Å²) in [6, 6.07) is 8.74. The molecule has 12 nitrogen and oxygen atoms in total. The van der Waals surface area contributed by atoms with Crippen LogP contribution in [0.3, 0.4) is 0 Å². The number of rotatable bonds is 9. The SMILES string of the molecule is COc1c(Nc2cc(NC(=O)C3CC3)nnc2C(=O)N(C)OC)cccc1-c1cc(P(C)(C)=O)n(C)n1. The maximum atomic E-state index is 12.9. The Morgan fingerprint density at radius 1 is 1.14 bits per heavy atom. The summed E-state index contributed by atoms with van der Waals surface area (Å²) in [6.07, 6.45) is 1.68. The highest BCUT2D eigenvalue weighted by atomic mass is 31.2. The highest BCUT2D eigenvalue weighted by molar-refractivity contribution is 7.69. The van der Waals surface area contributed by atoms with Crippen LogP contribution in [-0.4, -0.2) is 71.5 Å². The molecule has 2 heterocycles. The van der Waals surface area contributed by atoms with E-state index in [0.717, 1.165) is 17.9 Å². The molecule has 4 rings (SSSR count). The van der Waals surface area contributed by atoms with E-state index in [1.165, 1.54) is 21.3 Å². The highest BCUT2D eigenvalue weighted by Crippen LogP contribution is 2.40. The molecule has 37 heavy (non-hydrogen) atoms. The summed E-state index contributed by atoms with van der Waals surface area (Å²) in [5, 5.41) is 19.6. The molecule has 0 aliphatic heterocycles. The lowest BCUT2D eigenvalue weighted by Crippen LogP contribution is -2.27. The molecule has 2 amide bonds. The molecule has 1 saturated carbocycles. The lowest BCUT2D eigenvalue weighted by atomic mass is 10.1. The van der Waals surface area contributed by atoms with Crippen LogP contribution in [0.4, 0.5) is 17.2 Å². The first kappa shape index (κ1) is 26.3. The first-order valence-corrected chi connectivity index (χ1v) is 14.2. The van der Waals surface area contributed by atoms with Crippen molar-refractivity contribution in [1.29, 1.82) is 0 Å². The molecule has 0 radical (unpaired) electrons. The van der Waals surface area contributed by atoms with E-state index in [0.29, 0.717) is 33.8 Å². The number of ether oxygens (including phenoxy) is 1. The third kappa shape index (κ3) is 5.65. The van der Waals surface area contributed by atoms with Crippen LogP contribution in [0.1, 0.15) is 23.3 Å². The molecule has 0 atom stereocenters. The number of anilines is 3. The van der Waals surface area contributed by atoms with Gasteiger partial charge in [-0.25, -0.2) is 5.06 Å². The van der Waals surface area contributed by atoms with Gasteiger partial charge in [0.15, 0.2) is 17.3 Å². The molecule has 2 aromatic heterocycles. The van der Waals surface area contributed by atoms with Gasteiger partial charge in [-0.3, -0.25) is 19.1 Å². The number of aryl methyl sites for hydroxylation is 1. The van der Waals surface area contributed by atoms with Crippen LogP contribution in [0.2, 0.25) is 0 Å². The fourth-order valence-corrected chi connectivity index (χ4v) is 4.98. The van der Waals surface area contributed by atoms with E-state index >= 15 is 0 Å². The number of amides is 2. The second kappa shape index (κ2) is 10.3. The number of benzene rings is 1. The molecule has 1 aliphatic carbocycles. The van der Waals surface area contributed by atoms with Crippen LogP contribution >= 0.6 is 7.14 Å². The number of carbonyl (C=O) groups is 2. The zero-order valence-electron chi connectivity index (χ0n) is 21.6. The maximum Gasteiger partial charge on any atom is 0.299 e. The Hall–Kier alpha value is -3.76. The molecule has 13 heteroatoms. The molecule has 2 N–H and O–H groups in total. The number of nitrogens with one attached hydrogen (secondary N) is 2. The Kier molecular flexibility index (Phi) is 7.33. The van der Waals surface area contributed by atoms with Gasteiger partial charge < -0.3 is 19.9 Å². The van der Waals surface area contributed by atoms with Gasteiger partial charge in [-0.05, 0) is 44.4 Å². The number of hydrogen-bond donors (Lipinski definition) is 2. The highest BCUT2D eigenvalue weighted by Gasteiger charge is 2.30. The molecule has 0 unspecified atom stereocenters. The van der Waals surface area contributed by atoms with Crippen molar-refractivity contribution in [2.45, 2.75) is 12.8 Å². The second-order valence-electron chi connectivity index (χ2n) is 9.11. The number of methoxy groups -OCH3 is 1. The summed E-state index contributed by atoms with van der Waals surface area (Å²) >= 11 is 0. The number of aromatic nitrogens is 4. The third-order valence-electron chi connectivity index (χ3n) is 5.93. The van der Waals surface area contributed by atoms with Crippen molar-refractivity contribution in [3.63, 3.8) is 0 Å². The number of hydrogen-bond acceptors (Lipinski definition) is 9. The quantitative estimate of drug-likeness (QED) is 0.317. The number of carbonyl (C=O) groups excluding carboxylic acids is 2. The van der Waals surface area contributed by atoms with Gasteiger partial charge >= 0.3 is 0 Å². The zero-order chi connectivity index (χ0) is 26.9. The van der Waals surface area contributed by atoms with Crippen LogP contribution in [0.5, 0.6) is 5.75 Å².